The van der Waals surface area contributed by atoms with Crippen molar-refractivity contribution >= 4 is 33.4 Å². The van der Waals surface area contributed by atoms with Gasteiger partial charge in [0, 0.05) is 5.02 Å². The molecule has 1 aliphatic carbocycles. The fraction of sp³-hybridized carbons (Fsp3) is 0.176. The van der Waals surface area contributed by atoms with Gasteiger partial charge in [-0.2, -0.15) is 0 Å². The summed E-state index contributed by atoms with van der Waals surface area (Å²) in [6.07, 6.45) is 2.99. The third-order valence-electron chi connectivity index (χ3n) is 3.80. The number of hydrogen-bond acceptors (Lipinski definition) is 2. The van der Waals surface area contributed by atoms with Crippen molar-refractivity contribution in [3.8, 4) is 0 Å². The zero-order chi connectivity index (χ0) is 15.7. The predicted molar refractivity (Wildman–Crippen MR) is 91.5 cm³/mol. The van der Waals surface area contributed by atoms with Crippen LogP contribution in [0.3, 0.4) is 0 Å². The minimum Gasteiger partial charge on any atom is -0.280 e. The van der Waals surface area contributed by atoms with Crippen molar-refractivity contribution < 1.29 is 8.42 Å². The number of nitrogens with one attached hydrogen (secondary N) is 1. The molecule has 1 N–H and O–H groups in total. The lowest BCUT2D eigenvalue weighted by molar-refractivity contribution is 0.605. The number of anilines is 1. The molecular formula is C17H16ClNO2S. The summed E-state index contributed by atoms with van der Waals surface area (Å²) >= 11 is 5.95. The molecule has 0 atom stereocenters. The molecule has 0 saturated carbocycles. The summed E-state index contributed by atoms with van der Waals surface area (Å²) in [5, 5.41) is 0.506. The highest BCUT2D eigenvalue weighted by molar-refractivity contribution is 7.96. The molecule has 0 bridgehead atoms. The van der Waals surface area contributed by atoms with Gasteiger partial charge in [0.1, 0.15) is 0 Å². The Labute approximate surface area is 135 Å². The number of benzene rings is 2. The van der Waals surface area contributed by atoms with E-state index in [2.05, 4.69) is 4.72 Å². The molecule has 2 aromatic rings. The molecule has 0 spiro atoms. The highest BCUT2D eigenvalue weighted by Gasteiger charge is 2.22. The van der Waals surface area contributed by atoms with E-state index in [0.717, 1.165) is 17.5 Å². The lowest BCUT2D eigenvalue weighted by atomic mass is 9.98. The molecule has 0 heterocycles. The number of rotatable bonds is 3. The Hall–Kier alpha value is -1.78. The first-order chi connectivity index (χ1) is 10.5. The highest BCUT2D eigenvalue weighted by atomic mass is 35.5. The number of sulfonamides is 1. The third kappa shape index (κ3) is 3.03. The lowest BCUT2D eigenvalue weighted by Gasteiger charge is -2.18. The largest absolute Gasteiger partial charge is 0.280 e. The number of fused-ring (bicyclic) bond motifs is 1. The maximum Gasteiger partial charge on any atom is 0.258 e. The third-order valence-corrected chi connectivity index (χ3v) is 5.54. The van der Waals surface area contributed by atoms with Crippen LogP contribution in [0, 0.1) is 6.92 Å². The maximum atomic E-state index is 12.6. The van der Waals surface area contributed by atoms with Crippen LogP contribution in [0.1, 0.15) is 23.1 Å². The van der Waals surface area contributed by atoms with Crippen LogP contribution in [-0.4, -0.2) is 8.42 Å². The van der Waals surface area contributed by atoms with Crippen LogP contribution < -0.4 is 4.72 Å². The van der Waals surface area contributed by atoms with Gasteiger partial charge in [0.05, 0.1) is 10.6 Å². The van der Waals surface area contributed by atoms with E-state index in [9.17, 15) is 8.42 Å². The summed E-state index contributed by atoms with van der Waals surface area (Å²) in [5.41, 5.74) is 3.51. The van der Waals surface area contributed by atoms with E-state index in [4.69, 9.17) is 11.6 Å². The van der Waals surface area contributed by atoms with Crippen molar-refractivity contribution in [1.29, 1.82) is 0 Å². The van der Waals surface area contributed by atoms with E-state index >= 15 is 0 Å². The van der Waals surface area contributed by atoms with Crippen LogP contribution in [0.25, 0.3) is 6.08 Å². The molecule has 114 valence electrons. The standard InChI is InChI=1S/C17H16ClNO2S/c1-12-6-8-15(18)11-17(12)19-22(20,21)16-9-7-13-4-2-3-5-14(13)10-16/h2-6,8,10-11,19H,7,9H2,1H3. The second-order valence-electron chi connectivity index (χ2n) is 5.37. The minimum atomic E-state index is -3.57. The molecule has 3 nitrogen and oxygen atoms in total. The Morgan fingerprint density at radius 3 is 2.68 bits per heavy atom. The quantitative estimate of drug-likeness (QED) is 0.906. The molecule has 0 aliphatic heterocycles. The number of aryl methyl sites for hydroxylation is 2. The van der Waals surface area contributed by atoms with Crippen molar-refractivity contribution in [1.82, 2.24) is 0 Å². The monoisotopic (exact) mass is 333 g/mol. The first kappa shape index (κ1) is 15.1. The van der Waals surface area contributed by atoms with Crippen molar-refractivity contribution in [3.63, 3.8) is 0 Å². The maximum absolute atomic E-state index is 12.6. The van der Waals surface area contributed by atoms with Gasteiger partial charge < -0.3 is 0 Å². The summed E-state index contributed by atoms with van der Waals surface area (Å²) in [6.45, 7) is 1.85. The number of hydrogen-bond donors (Lipinski definition) is 1. The van der Waals surface area contributed by atoms with Crippen molar-refractivity contribution in [3.05, 3.63) is 69.1 Å². The molecule has 22 heavy (non-hydrogen) atoms. The second kappa shape index (κ2) is 5.78. The minimum absolute atomic E-state index is 0.408. The van der Waals surface area contributed by atoms with Crippen molar-refractivity contribution in [2.75, 3.05) is 4.72 Å². The van der Waals surface area contributed by atoms with Crippen LogP contribution in [0.2, 0.25) is 5.02 Å². The Bertz CT molecular complexity index is 857. The van der Waals surface area contributed by atoms with Gasteiger partial charge >= 0.3 is 0 Å². The summed E-state index contributed by atoms with van der Waals surface area (Å²) in [7, 11) is -3.57. The van der Waals surface area contributed by atoms with E-state index in [1.165, 1.54) is 5.56 Å². The molecule has 0 radical (unpaired) electrons. The Morgan fingerprint density at radius 1 is 1.09 bits per heavy atom. The fourth-order valence-corrected chi connectivity index (χ4v) is 4.00. The molecule has 0 amide bonds. The highest BCUT2D eigenvalue weighted by Crippen LogP contribution is 2.29. The van der Waals surface area contributed by atoms with Crippen LogP contribution in [-0.2, 0) is 16.4 Å². The van der Waals surface area contributed by atoms with Crippen LogP contribution in [0.15, 0.2) is 47.4 Å². The topological polar surface area (TPSA) is 46.2 Å². The molecule has 0 fully saturated rings. The fourth-order valence-electron chi connectivity index (χ4n) is 2.53. The van der Waals surface area contributed by atoms with E-state index in [0.29, 0.717) is 22.0 Å². The van der Waals surface area contributed by atoms with Gasteiger partial charge in [-0.15, -0.1) is 0 Å². The van der Waals surface area contributed by atoms with Crippen molar-refractivity contribution in [2.24, 2.45) is 0 Å². The Kier molecular flexibility index (Phi) is 3.98. The average molecular weight is 334 g/mol. The first-order valence-electron chi connectivity index (χ1n) is 7.03. The first-order valence-corrected chi connectivity index (χ1v) is 8.89. The van der Waals surface area contributed by atoms with Gasteiger partial charge in [0.25, 0.3) is 10.0 Å². The summed E-state index contributed by atoms with van der Waals surface area (Å²) in [4.78, 5) is 0.408. The molecule has 0 aromatic heterocycles. The normalized spacial score (nSPS) is 14.2. The van der Waals surface area contributed by atoms with E-state index in [1.807, 2.05) is 31.2 Å². The van der Waals surface area contributed by atoms with E-state index in [1.54, 1.807) is 24.3 Å². The smallest absolute Gasteiger partial charge is 0.258 e. The molecular weight excluding hydrogens is 318 g/mol. The van der Waals surface area contributed by atoms with Gasteiger partial charge in [-0.3, -0.25) is 4.72 Å². The summed E-state index contributed by atoms with van der Waals surface area (Å²) < 4.78 is 27.9. The van der Waals surface area contributed by atoms with Gasteiger partial charge in [0.15, 0.2) is 0 Å². The SMILES string of the molecule is Cc1ccc(Cl)cc1NS(=O)(=O)C1=Cc2ccccc2CC1. The molecule has 3 rings (SSSR count). The predicted octanol–water partition coefficient (Wildman–Crippen LogP) is 4.38. The van der Waals surface area contributed by atoms with Gasteiger partial charge in [-0.1, -0.05) is 41.9 Å². The zero-order valence-electron chi connectivity index (χ0n) is 12.1. The number of halogens is 1. The van der Waals surface area contributed by atoms with Crippen LogP contribution >= 0.6 is 11.6 Å². The zero-order valence-corrected chi connectivity index (χ0v) is 13.7. The second-order valence-corrected chi connectivity index (χ2v) is 7.55. The van der Waals surface area contributed by atoms with Gasteiger partial charge in [0.2, 0.25) is 0 Å². The van der Waals surface area contributed by atoms with E-state index < -0.39 is 10.0 Å². The Balaban J connectivity index is 1.94. The molecule has 0 saturated heterocycles. The van der Waals surface area contributed by atoms with Crippen LogP contribution in [0.5, 0.6) is 0 Å². The van der Waals surface area contributed by atoms with E-state index in [-0.39, 0.29) is 0 Å². The molecule has 1 aliphatic rings. The average Bonchev–Trinajstić information content (AvgIpc) is 2.50. The summed E-state index contributed by atoms with van der Waals surface area (Å²) in [5.74, 6) is 0. The van der Waals surface area contributed by atoms with Crippen molar-refractivity contribution in [2.45, 2.75) is 19.8 Å². The molecule has 5 heteroatoms. The molecule has 0 unspecified atom stereocenters. The van der Waals surface area contributed by atoms with Gasteiger partial charge in [-0.05, 0) is 54.7 Å². The Morgan fingerprint density at radius 2 is 1.86 bits per heavy atom. The number of allylic oxidation sites excluding steroid dienone is 1. The summed E-state index contributed by atoms with van der Waals surface area (Å²) in [6, 6.07) is 13.0. The van der Waals surface area contributed by atoms with Gasteiger partial charge in [-0.25, -0.2) is 8.42 Å². The van der Waals surface area contributed by atoms with Crippen LogP contribution in [0.4, 0.5) is 5.69 Å². The lowest BCUT2D eigenvalue weighted by Crippen LogP contribution is -2.18. The molecule has 2 aromatic carbocycles.